The standard InChI is InChI=1S/C14H14FN3O2/c15-11-4-2-1-3-9(11)7-13-17-16-12-6-5-10(14(19)20)8-18(12)13/h1-4,10H,5-8H2,(H,19,20). The molecule has 6 heteroatoms. The van der Waals surface area contributed by atoms with E-state index >= 15 is 0 Å². The Morgan fingerprint density at radius 2 is 2.20 bits per heavy atom. The van der Waals surface area contributed by atoms with Gasteiger partial charge in [0.1, 0.15) is 17.5 Å². The zero-order chi connectivity index (χ0) is 14.1. The maximum Gasteiger partial charge on any atom is 0.308 e. The van der Waals surface area contributed by atoms with Crippen molar-refractivity contribution in [2.75, 3.05) is 0 Å². The lowest BCUT2D eigenvalue weighted by Gasteiger charge is -2.21. The molecule has 0 amide bonds. The van der Waals surface area contributed by atoms with Gasteiger partial charge in [-0.1, -0.05) is 18.2 Å². The Hall–Kier alpha value is -2.24. The first-order valence-corrected chi connectivity index (χ1v) is 6.52. The molecule has 1 unspecified atom stereocenters. The third-order valence-corrected chi connectivity index (χ3v) is 3.68. The molecular weight excluding hydrogens is 261 g/mol. The molecule has 5 nitrogen and oxygen atoms in total. The summed E-state index contributed by atoms with van der Waals surface area (Å²) in [5, 5.41) is 17.3. The van der Waals surface area contributed by atoms with E-state index in [9.17, 15) is 9.18 Å². The van der Waals surface area contributed by atoms with E-state index in [2.05, 4.69) is 10.2 Å². The Kier molecular flexibility index (Phi) is 3.22. The molecule has 0 bridgehead atoms. The molecule has 3 rings (SSSR count). The SMILES string of the molecule is O=C(O)C1CCc2nnc(Cc3ccccc3F)n2C1. The van der Waals surface area contributed by atoms with Crippen LogP contribution in [0.3, 0.4) is 0 Å². The highest BCUT2D eigenvalue weighted by Crippen LogP contribution is 2.22. The van der Waals surface area contributed by atoms with Crippen molar-refractivity contribution in [1.29, 1.82) is 0 Å². The monoisotopic (exact) mass is 275 g/mol. The van der Waals surface area contributed by atoms with Crippen molar-refractivity contribution in [2.45, 2.75) is 25.8 Å². The lowest BCUT2D eigenvalue weighted by Crippen LogP contribution is -2.27. The summed E-state index contributed by atoms with van der Waals surface area (Å²) >= 11 is 0. The van der Waals surface area contributed by atoms with Crippen molar-refractivity contribution >= 4 is 5.97 Å². The average Bonchev–Trinajstić information content (AvgIpc) is 2.84. The molecule has 1 aliphatic rings. The summed E-state index contributed by atoms with van der Waals surface area (Å²) in [6, 6.07) is 6.52. The number of carboxylic acid groups (broad SMARTS) is 1. The van der Waals surface area contributed by atoms with Crippen LogP contribution in [-0.2, 0) is 24.2 Å². The molecule has 1 N–H and O–H groups in total. The average molecular weight is 275 g/mol. The van der Waals surface area contributed by atoms with E-state index in [1.165, 1.54) is 6.07 Å². The van der Waals surface area contributed by atoms with E-state index in [0.717, 1.165) is 5.82 Å². The first-order chi connectivity index (χ1) is 9.65. The molecule has 1 atom stereocenters. The molecule has 0 fully saturated rings. The summed E-state index contributed by atoms with van der Waals surface area (Å²) in [6.45, 7) is 0.363. The third-order valence-electron chi connectivity index (χ3n) is 3.68. The number of aliphatic carboxylic acids is 1. The van der Waals surface area contributed by atoms with Crippen LogP contribution in [0.15, 0.2) is 24.3 Å². The molecule has 0 spiro atoms. The summed E-state index contributed by atoms with van der Waals surface area (Å²) in [5.41, 5.74) is 0.542. The second-order valence-electron chi connectivity index (χ2n) is 4.99. The van der Waals surface area contributed by atoms with Gasteiger partial charge in [0.25, 0.3) is 0 Å². The van der Waals surface area contributed by atoms with Crippen LogP contribution in [0.25, 0.3) is 0 Å². The number of aryl methyl sites for hydroxylation is 1. The van der Waals surface area contributed by atoms with Gasteiger partial charge in [0.2, 0.25) is 0 Å². The Morgan fingerprint density at radius 3 is 2.95 bits per heavy atom. The van der Waals surface area contributed by atoms with Crippen molar-refractivity contribution < 1.29 is 14.3 Å². The number of nitrogens with zero attached hydrogens (tertiary/aromatic N) is 3. The number of carboxylic acids is 1. The van der Waals surface area contributed by atoms with E-state index in [-0.39, 0.29) is 5.82 Å². The van der Waals surface area contributed by atoms with E-state index in [0.29, 0.717) is 37.2 Å². The van der Waals surface area contributed by atoms with Crippen molar-refractivity contribution in [3.63, 3.8) is 0 Å². The van der Waals surface area contributed by atoms with Crippen molar-refractivity contribution in [3.05, 3.63) is 47.3 Å². The summed E-state index contributed by atoms with van der Waals surface area (Å²) in [5.74, 6) is -0.0978. The summed E-state index contributed by atoms with van der Waals surface area (Å²) < 4.78 is 15.5. The minimum absolute atomic E-state index is 0.282. The Balaban J connectivity index is 1.88. The van der Waals surface area contributed by atoms with E-state index < -0.39 is 11.9 Å². The summed E-state index contributed by atoms with van der Waals surface area (Å²) in [6.07, 6.45) is 1.50. The fourth-order valence-corrected chi connectivity index (χ4v) is 2.53. The molecule has 1 aromatic carbocycles. The molecule has 0 saturated heterocycles. The highest BCUT2D eigenvalue weighted by Gasteiger charge is 2.27. The Labute approximate surface area is 115 Å². The molecule has 104 valence electrons. The highest BCUT2D eigenvalue weighted by molar-refractivity contribution is 5.70. The number of aromatic nitrogens is 3. The second-order valence-corrected chi connectivity index (χ2v) is 4.99. The predicted molar refractivity (Wildman–Crippen MR) is 68.7 cm³/mol. The Bertz CT molecular complexity index is 654. The zero-order valence-electron chi connectivity index (χ0n) is 10.8. The normalized spacial score (nSPS) is 17.8. The van der Waals surface area contributed by atoms with Crippen LogP contribution in [0, 0.1) is 11.7 Å². The number of rotatable bonds is 3. The van der Waals surface area contributed by atoms with Crippen LogP contribution in [0.5, 0.6) is 0 Å². The van der Waals surface area contributed by atoms with Crippen LogP contribution >= 0.6 is 0 Å². The fourth-order valence-electron chi connectivity index (χ4n) is 2.53. The van der Waals surface area contributed by atoms with E-state index in [1.54, 1.807) is 18.2 Å². The maximum absolute atomic E-state index is 13.7. The van der Waals surface area contributed by atoms with Gasteiger partial charge in [-0.3, -0.25) is 4.79 Å². The predicted octanol–water partition coefficient (Wildman–Crippen LogP) is 1.66. The number of fused-ring (bicyclic) bond motifs is 1. The molecule has 0 saturated carbocycles. The lowest BCUT2D eigenvalue weighted by atomic mass is 9.99. The van der Waals surface area contributed by atoms with Crippen LogP contribution in [-0.4, -0.2) is 25.8 Å². The molecule has 0 radical (unpaired) electrons. The molecule has 20 heavy (non-hydrogen) atoms. The fraction of sp³-hybridized carbons (Fsp3) is 0.357. The van der Waals surface area contributed by atoms with Crippen molar-refractivity contribution in [1.82, 2.24) is 14.8 Å². The van der Waals surface area contributed by atoms with E-state index in [4.69, 9.17) is 5.11 Å². The number of halogens is 1. The molecule has 1 aliphatic heterocycles. The quantitative estimate of drug-likeness (QED) is 0.925. The third kappa shape index (κ3) is 2.29. The topological polar surface area (TPSA) is 68.0 Å². The second kappa shape index (κ2) is 5.03. The number of carbonyl (C=O) groups is 1. The number of benzene rings is 1. The van der Waals surface area contributed by atoms with Gasteiger partial charge in [0.15, 0.2) is 0 Å². The first-order valence-electron chi connectivity index (χ1n) is 6.52. The maximum atomic E-state index is 13.7. The molecule has 0 aliphatic carbocycles. The van der Waals surface area contributed by atoms with Crippen molar-refractivity contribution in [2.24, 2.45) is 5.92 Å². The van der Waals surface area contributed by atoms with Crippen LogP contribution in [0.2, 0.25) is 0 Å². The van der Waals surface area contributed by atoms with Crippen LogP contribution in [0.1, 0.15) is 23.6 Å². The minimum Gasteiger partial charge on any atom is -0.481 e. The van der Waals surface area contributed by atoms with Gasteiger partial charge < -0.3 is 9.67 Å². The number of hydrogen-bond donors (Lipinski definition) is 1. The van der Waals surface area contributed by atoms with E-state index in [1.807, 2.05) is 4.57 Å². The highest BCUT2D eigenvalue weighted by atomic mass is 19.1. The van der Waals surface area contributed by atoms with Gasteiger partial charge >= 0.3 is 5.97 Å². The van der Waals surface area contributed by atoms with Gasteiger partial charge in [-0.05, 0) is 18.1 Å². The van der Waals surface area contributed by atoms with Gasteiger partial charge in [-0.25, -0.2) is 4.39 Å². The minimum atomic E-state index is -0.804. The number of hydrogen-bond acceptors (Lipinski definition) is 3. The van der Waals surface area contributed by atoms with Crippen LogP contribution in [0.4, 0.5) is 4.39 Å². The smallest absolute Gasteiger partial charge is 0.308 e. The molecule has 1 aromatic heterocycles. The molecule has 2 heterocycles. The van der Waals surface area contributed by atoms with Crippen molar-refractivity contribution in [3.8, 4) is 0 Å². The zero-order valence-corrected chi connectivity index (χ0v) is 10.8. The summed E-state index contributed by atoms with van der Waals surface area (Å²) in [4.78, 5) is 11.1. The lowest BCUT2D eigenvalue weighted by molar-refractivity contribution is -0.142. The molecular formula is C14H14FN3O2. The Morgan fingerprint density at radius 1 is 1.40 bits per heavy atom. The van der Waals surface area contributed by atoms with Gasteiger partial charge in [0.05, 0.1) is 5.92 Å². The van der Waals surface area contributed by atoms with Gasteiger partial charge in [-0.2, -0.15) is 0 Å². The molecule has 2 aromatic rings. The largest absolute Gasteiger partial charge is 0.481 e. The van der Waals surface area contributed by atoms with Gasteiger partial charge in [-0.15, -0.1) is 10.2 Å². The summed E-state index contributed by atoms with van der Waals surface area (Å²) in [7, 11) is 0. The van der Waals surface area contributed by atoms with Crippen LogP contribution < -0.4 is 0 Å². The van der Waals surface area contributed by atoms with Gasteiger partial charge in [0, 0.05) is 19.4 Å². The first kappa shape index (κ1) is 12.8.